The summed E-state index contributed by atoms with van der Waals surface area (Å²) in [6.07, 6.45) is 3.53. The summed E-state index contributed by atoms with van der Waals surface area (Å²) in [6, 6.07) is 0. The van der Waals surface area contributed by atoms with Crippen LogP contribution in [0.3, 0.4) is 0 Å². The number of alkyl halides is 2. The SMILES string of the molecule is OCC(F)(F)CNCC1CCC1. The van der Waals surface area contributed by atoms with Crippen LogP contribution in [0.4, 0.5) is 8.78 Å². The van der Waals surface area contributed by atoms with E-state index < -0.39 is 19.1 Å². The highest BCUT2D eigenvalue weighted by molar-refractivity contribution is 4.74. The average Bonchev–Trinajstić information content (AvgIpc) is 1.95. The second-order valence-corrected chi connectivity index (χ2v) is 3.44. The number of aliphatic hydroxyl groups is 1. The fourth-order valence-electron chi connectivity index (χ4n) is 1.21. The Balaban J connectivity index is 2.00. The summed E-state index contributed by atoms with van der Waals surface area (Å²) in [4.78, 5) is 0. The summed E-state index contributed by atoms with van der Waals surface area (Å²) in [7, 11) is 0. The second kappa shape index (κ2) is 4.14. The van der Waals surface area contributed by atoms with Crippen LogP contribution >= 0.6 is 0 Å². The van der Waals surface area contributed by atoms with Gasteiger partial charge in [-0.3, -0.25) is 0 Å². The number of halogens is 2. The summed E-state index contributed by atoms with van der Waals surface area (Å²) in [5, 5.41) is 10.9. The van der Waals surface area contributed by atoms with Crippen molar-refractivity contribution in [1.82, 2.24) is 5.32 Å². The molecule has 0 heterocycles. The van der Waals surface area contributed by atoms with Gasteiger partial charge in [-0.25, -0.2) is 8.78 Å². The maximum atomic E-state index is 12.4. The lowest BCUT2D eigenvalue weighted by molar-refractivity contribution is -0.0483. The fraction of sp³-hybridized carbons (Fsp3) is 1.00. The minimum absolute atomic E-state index is 0.403. The van der Waals surface area contributed by atoms with Crippen molar-refractivity contribution in [3.8, 4) is 0 Å². The highest BCUT2D eigenvalue weighted by Crippen LogP contribution is 2.25. The third-order valence-electron chi connectivity index (χ3n) is 2.27. The molecule has 0 amide bonds. The molecule has 0 aromatic rings. The van der Waals surface area contributed by atoms with Gasteiger partial charge in [-0.1, -0.05) is 6.42 Å². The molecular formula is C8H15F2NO. The molecule has 0 bridgehead atoms. The van der Waals surface area contributed by atoms with Gasteiger partial charge in [0.15, 0.2) is 0 Å². The highest BCUT2D eigenvalue weighted by atomic mass is 19.3. The standard InChI is InChI=1S/C8H15F2NO/c9-8(10,6-12)5-11-4-7-2-1-3-7/h7,11-12H,1-6H2. The number of hydrogen-bond acceptors (Lipinski definition) is 2. The van der Waals surface area contributed by atoms with Crippen molar-refractivity contribution in [3.05, 3.63) is 0 Å². The third kappa shape index (κ3) is 3.03. The molecule has 0 unspecified atom stereocenters. The van der Waals surface area contributed by atoms with Gasteiger partial charge >= 0.3 is 0 Å². The van der Waals surface area contributed by atoms with Crippen molar-refractivity contribution in [2.75, 3.05) is 19.7 Å². The van der Waals surface area contributed by atoms with E-state index in [4.69, 9.17) is 5.11 Å². The zero-order valence-electron chi connectivity index (χ0n) is 7.02. The Morgan fingerprint density at radius 3 is 2.50 bits per heavy atom. The minimum Gasteiger partial charge on any atom is -0.390 e. The molecule has 72 valence electrons. The minimum atomic E-state index is -2.95. The normalized spacial score (nSPS) is 19.2. The van der Waals surface area contributed by atoms with Gasteiger partial charge in [-0.2, -0.15) is 0 Å². The molecule has 0 atom stereocenters. The molecule has 1 fully saturated rings. The van der Waals surface area contributed by atoms with Crippen molar-refractivity contribution in [3.63, 3.8) is 0 Å². The van der Waals surface area contributed by atoms with E-state index in [0.717, 1.165) is 12.8 Å². The molecule has 0 spiro atoms. The predicted octanol–water partition coefficient (Wildman–Crippen LogP) is 1.00. The van der Waals surface area contributed by atoms with Crippen molar-refractivity contribution in [1.29, 1.82) is 0 Å². The van der Waals surface area contributed by atoms with Crippen LogP contribution in [-0.2, 0) is 0 Å². The Morgan fingerprint density at radius 2 is 2.08 bits per heavy atom. The number of nitrogens with one attached hydrogen (secondary N) is 1. The van der Waals surface area contributed by atoms with E-state index in [1.165, 1.54) is 6.42 Å². The van der Waals surface area contributed by atoms with Gasteiger partial charge in [0.1, 0.15) is 6.61 Å². The number of rotatable bonds is 5. The molecule has 2 N–H and O–H groups in total. The van der Waals surface area contributed by atoms with Crippen LogP contribution in [0.15, 0.2) is 0 Å². The van der Waals surface area contributed by atoms with Gasteiger partial charge in [0, 0.05) is 0 Å². The molecule has 0 aromatic heterocycles. The van der Waals surface area contributed by atoms with Gasteiger partial charge in [0.2, 0.25) is 0 Å². The summed E-state index contributed by atoms with van der Waals surface area (Å²) < 4.78 is 24.8. The molecule has 1 saturated carbocycles. The first-order valence-electron chi connectivity index (χ1n) is 4.33. The zero-order valence-corrected chi connectivity index (χ0v) is 7.02. The van der Waals surface area contributed by atoms with E-state index in [9.17, 15) is 8.78 Å². The summed E-state index contributed by atoms with van der Waals surface area (Å²) >= 11 is 0. The van der Waals surface area contributed by atoms with Crippen LogP contribution in [0, 0.1) is 5.92 Å². The molecule has 0 saturated heterocycles. The van der Waals surface area contributed by atoms with E-state index in [0.29, 0.717) is 12.5 Å². The van der Waals surface area contributed by atoms with Crippen LogP contribution in [0.25, 0.3) is 0 Å². The molecule has 1 aliphatic carbocycles. The largest absolute Gasteiger partial charge is 0.390 e. The van der Waals surface area contributed by atoms with E-state index in [-0.39, 0.29) is 0 Å². The smallest absolute Gasteiger partial charge is 0.282 e. The summed E-state index contributed by atoms with van der Waals surface area (Å²) in [5.74, 6) is -2.37. The predicted molar refractivity (Wildman–Crippen MR) is 42.2 cm³/mol. The first-order chi connectivity index (χ1) is 5.64. The lowest BCUT2D eigenvalue weighted by atomic mass is 9.85. The molecule has 1 aliphatic rings. The summed E-state index contributed by atoms with van der Waals surface area (Å²) in [5.41, 5.74) is 0. The molecule has 0 aromatic carbocycles. The van der Waals surface area contributed by atoms with Gasteiger partial charge < -0.3 is 10.4 Å². The van der Waals surface area contributed by atoms with Crippen molar-refractivity contribution >= 4 is 0 Å². The van der Waals surface area contributed by atoms with Gasteiger partial charge in [0.05, 0.1) is 6.54 Å². The number of aliphatic hydroxyl groups excluding tert-OH is 1. The molecule has 0 radical (unpaired) electrons. The Labute approximate surface area is 71.0 Å². The first kappa shape index (κ1) is 9.86. The van der Waals surface area contributed by atoms with Gasteiger partial charge in [0.25, 0.3) is 5.92 Å². The maximum absolute atomic E-state index is 12.4. The second-order valence-electron chi connectivity index (χ2n) is 3.44. The lowest BCUT2D eigenvalue weighted by Crippen LogP contribution is -2.39. The average molecular weight is 179 g/mol. The topological polar surface area (TPSA) is 32.3 Å². The van der Waals surface area contributed by atoms with Crippen molar-refractivity contribution in [2.24, 2.45) is 5.92 Å². The Morgan fingerprint density at radius 1 is 1.42 bits per heavy atom. The third-order valence-corrected chi connectivity index (χ3v) is 2.27. The van der Waals surface area contributed by atoms with Crippen molar-refractivity contribution in [2.45, 2.75) is 25.2 Å². The maximum Gasteiger partial charge on any atom is 0.282 e. The van der Waals surface area contributed by atoms with E-state index in [2.05, 4.69) is 5.32 Å². The number of hydrogen-bond donors (Lipinski definition) is 2. The van der Waals surface area contributed by atoms with Crippen LogP contribution in [0.2, 0.25) is 0 Å². The van der Waals surface area contributed by atoms with Crippen LogP contribution in [0.1, 0.15) is 19.3 Å². The van der Waals surface area contributed by atoms with E-state index in [1.54, 1.807) is 0 Å². The van der Waals surface area contributed by atoms with E-state index in [1.807, 2.05) is 0 Å². The quantitative estimate of drug-likeness (QED) is 0.660. The van der Waals surface area contributed by atoms with Gasteiger partial charge in [-0.05, 0) is 25.3 Å². The van der Waals surface area contributed by atoms with Crippen LogP contribution in [-0.4, -0.2) is 30.7 Å². The summed E-state index contributed by atoms with van der Waals surface area (Å²) in [6.45, 7) is -0.805. The molecular weight excluding hydrogens is 164 g/mol. The van der Waals surface area contributed by atoms with Gasteiger partial charge in [-0.15, -0.1) is 0 Å². The van der Waals surface area contributed by atoms with E-state index >= 15 is 0 Å². The molecule has 12 heavy (non-hydrogen) atoms. The fourth-order valence-corrected chi connectivity index (χ4v) is 1.21. The van der Waals surface area contributed by atoms with Crippen LogP contribution < -0.4 is 5.32 Å². The van der Waals surface area contributed by atoms with Crippen molar-refractivity contribution < 1.29 is 13.9 Å². The first-order valence-corrected chi connectivity index (χ1v) is 4.33. The zero-order chi connectivity index (χ0) is 9.03. The lowest BCUT2D eigenvalue weighted by Gasteiger charge is -2.26. The Kier molecular flexibility index (Phi) is 3.40. The Hall–Kier alpha value is -0.220. The molecule has 2 nitrogen and oxygen atoms in total. The van der Waals surface area contributed by atoms with Crippen LogP contribution in [0.5, 0.6) is 0 Å². The monoisotopic (exact) mass is 179 g/mol. The highest BCUT2D eigenvalue weighted by Gasteiger charge is 2.27. The molecule has 0 aliphatic heterocycles. The molecule has 1 rings (SSSR count). The Bertz CT molecular complexity index is 137. The molecule has 4 heteroatoms.